The largest absolute Gasteiger partial charge is 0.496 e. The Morgan fingerprint density at radius 3 is 2.41 bits per heavy atom. The minimum absolute atomic E-state index is 0.344. The summed E-state index contributed by atoms with van der Waals surface area (Å²) >= 11 is 0. The molecule has 1 rings (SSSR count). The van der Waals surface area contributed by atoms with Crippen LogP contribution in [-0.2, 0) is 10.0 Å². The zero-order valence-electron chi connectivity index (χ0n) is 14.4. The topological polar surface area (TPSA) is 55.4 Å². The van der Waals surface area contributed by atoms with E-state index in [-0.39, 0.29) is 0 Å². The number of ether oxygens (including phenoxy) is 1. The summed E-state index contributed by atoms with van der Waals surface area (Å²) in [6.07, 6.45) is 4.33. The van der Waals surface area contributed by atoms with Gasteiger partial charge in [-0.1, -0.05) is 33.1 Å². The molecule has 5 heteroatoms. The molecule has 0 fully saturated rings. The van der Waals surface area contributed by atoms with Crippen molar-refractivity contribution in [1.29, 1.82) is 0 Å². The molecule has 0 heterocycles. The molecule has 0 unspecified atom stereocenters. The van der Waals surface area contributed by atoms with Gasteiger partial charge < -0.3 is 4.74 Å². The van der Waals surface area contributed by atoms with Crippen LogP contribution in [0.5, 0.6) is 5.75 Å². The van der Waals surface area contributed by atoms with Crippen molar-refractivity contribution in [3.8, 4) is 5.75 Å². The Morgan fingerprint density at radius 2 is 1.86 bits per heavy atom. The zero-order chi connectivity index (χ0) is 16.8. The fourth-order valence-electron chi connectivity index (χ4n) is 2.52. The van der Waals surface area contributed by atoms with E-state index < -0.39 is 10.0 Å². The van der Waals surface area contributed by atoms with E-state index in [0.717, 1.165) is 31.2 Å². The Hall–Kier alpha value is -1.07. The lowest BCUT2D eigenvalue weighted by atomic mass is 10.00. The number of sulfonamides is 1. The highest BCUT2D eigenvalue weighted by Crippen LogP contribution is 2.25. The second kappa shape index (κ2) is 8.53. The molecule has 1 atom stereocenters. The van der Waals surface area contributed by atoms with Gasteiger partial charge in [-0.2, -0.15) is 0 Å². The molecule has 0 aromatic heterocycles. The molecule has 1 N–H and O–H groups in total. The highest BCUT2D eigenvalue weighted by atomic mass is 32.2. The number of aryl methyl sites for hydroxylation is 2. The molecule has 0 spiro atoms. The van der Waals surface area contributed by atoms with E-state index in [4.69, 9.17) is 4.74 Å². The summed E-state index contributed by atoms with van der Waals surface area (Å²) in [5.74, 6) is 1.11. The van der Waals surface area contributed by atoms with Gasteiger partial charge in [-0.25, -0.2) is 13.1 Å². The van der Waals surface area contributed by atoms with E-state index in [2.05, 4.69) is 18.6 Å². The van der Waals surface area contributed by atoms with Gasteiger partial charge in [-0.15, -0.1) is 0 Å². The van der Waals surface area contributed by atoms with Crippen LogP contribution in [0.1, 0.15) is 50.7 Å². The van der Waals surface area contributed by atoms with Crippen LogP contribution >= 0.6 is 0 Å². The predicted molar refractivity (Wildman–Crippen MR) is 91.0 cm³/mol. The van der Waals surface area contributed by atoms with Crippen molar-refractivity contribution in [2.75, 3.05) is 13.7 Å². The van der Waals surface area contributed by atoms with Crippen LogP contribution in [0.25, 0.3) is 0 Å². The van der Waals surface area contributed by atoms with Gasteiger partial charge in [0, 0.05) is 6.54 Å². The van der Waals surface area contributed by atoms with Crippen LogP contribution in [0.3, 0.4) is 0 Å². The average Bonchev–Trinajstić information content (AvgIpc) is 2.49. The van der Waals surface area contributed by atoms with Gasteiger partial charge in [-0.3, -0.25) is 0 Å². The third kappa shape index (κ3) is 4.99. The summed E-state index contributed by atoms with van der Waals surface area (Å²) in [4.78, 5) is 0.344. The minimum Gasteiger partial charge on any atom is -0.496 e. The van der Waals surface area contributed by atoms with Crippen molar-refractivity contribution >= 4 is 10.0 Å². The first kappa shape index (κ1) is 19.0. The zero-order valence-corrected chi connectivity index (χ0v) is 15.2. The highest BCUT2D eigenvalue weighted by molar-refractivity contribution is 7.89. The van der Waals surface area contributed by atoms with Crippen molar-refractivity contribution in [3.05, 3.63) is 23.3 Å². The molecule has 1 aromatic rings. The summed E-state index contributed by atoms with van der Waals surface area (Å²) in [6.45, 7) is 8.42. The SMILES string of the molecule is CCCC[C@H](CC)CNS(=O)(=O)c1cc(C)c(OC)cc1C. The molecule has 0 aliphatic heterocycles. The number of nitrogens with one attached hydrogen (secondary N) is 1. The Morgan fingerprint density at radius 1 is 1.18 bits per heavy atom. The summed E-state index contributed by atoms with van der Waals surface area (Å²) in [5, 5.41) is 0. The van der Waals surface area contributed by atoms with Crippen molar-refractivity contribution < 1.29 is 13.2 Å². The Kier molecular flexibility index (Phi) is 7.36. The van der Waals surface area contributed by atoms with Crippen LogP contribution in [0.15, 0.2) is 17.0 Å². The van der Waals surface area contributed by atoms with Crippen molar-refractivity contribution in [2.45, 2.75) is 58.3 Å². The monoisotopic (exact) mass is 327 g/mol. The van der Waals surface area contributed by atoms with Crippen molar-refractivity contribution in [3.63, 3.8) is 0 Å². The standard InChI is InChI=1S/C17H29NO3S/c1-6-8-9-15(7-2)12-18-22(19,20)17-11-13(3)16(21-5)10-14(17)4/h10-11,15,18H,6-9,12H2,1-5H3/t15-/m0/s1. The second-order valence-corrected chi connectivity index (χ2v) is 7.59. The molecule has 126 valence electrons. The first-order chi connectivity index (χ1) is 10.4. The maximum absolute atomic E-state index is 12.5. The molecule has 0 amide bonds. The Bertz CT molecular complexity index is 582. The van der Waals surface area contributed by atoms with Gasteiger partial charge in [0.2, 0.25) is 10.0 Å². The molecule has 0 aliphatic rings. The van der Waals surface area contributed by atoms with Gasteiger partial charge in [0.05, 0.1) is 12.0 Å². The number of methoxy groups -OCH3 is 1. The number of unbranched alkanes of at least 4 members (excludes halogenated alkanes) is 1. The first-order valence-electron chi connectivity index (χ1n) is 8.00. The van der Waals surface area contributed by atoms with Gasteiger partial charge in [0.15, 0.2) is 0 Å². The molecule has 4 nitrogen and oxygen atoms in total. The van der Waals surface area contributed by atoms with E-state index in [1.165, 1.54) is 0 Å². The first-order valence-corrected chi connectivity index (χ1v) is 9.48. The third-order valence-electron chi connectivity index (χ3n) is 4.09. The molecular weight excluding hydrogens is 298 g/mol. The number of benzene rings is 1. The third-order valence-corrected chi connectivity index (χ3v) is 5.65. The molecule has 0 radical (unpaired) electrons. The van der Waals surface area contributed by atoms with E-state index in [0.29, 0.717) is 28.7 Å². The fourth-order valence-corrected chi connectivity index (χ4v) is 3.95. The number of hydrogen-bond donors (Lipinski definition) is 1. The molecule has 0 saturated heterocycles. The maximum Gasteiger partial charge on any atom is 0.240 e. The second-order valence-electron chi connectivity index (χ2n) is 5.86. The summed E-state index contributed by atoms with van der Waals surface area (Å²) in [7, 11) is -1.88. The lowest BCUT2D eigenvalue weighted by Gasteiger charge is -2.17. The number of rotatable bonds is 9. The average molecular weight is 327 g/mol. The van der Waals surface area contributed by atoms with Crippen LogP contribution in [0, 0.1) is 19.8 Å². The molecular formula is C17H29NO3S. The normalized spacial score (nSPS) is 13.1. The van der Waals surface area contributed by atoms with Crippen molar-refractivity contribution in [2.24, 2.45) is 5.92 Å². The van der Waals surface area contributed by atoms with Gasteiger partial charge in [0.25, 0.3) is 0 Å². The van der Waals surface area contributed by atoms with E-state index in [1.54, 1.807) is 26.2 Å². The molecule has 1 aromatic carbocycles. The van der Waals surface area contributed by atoms with E-state index in [1.807, 2.05) is 6.92 Å². The Labute approximate surface area is 135 Å². The Balaban J connectivity index is 2.88. The molecule has 0 aliphatic carbocycles. The van der Waals surface area contributed by atoms with E-state index >= 15 is 0 Å². The summed E-state index contributed by atoms with van der Waals surface area (Å²) in [6, 6.07) is 3.46. The fraction of sp³-hybridized carbons (Fsp3) is 0.647. The van der Waals surface area contributed by atoms with Crippen LogP contribution in [-0.4, -0.2) is 22.1 Å². The van der Waals surface area contributed by atoms with Crippen molar-refractivity contribution in [1.82, 2.24) is 4.72 Å². The maximum atomic E-state index is 12.5. The molecule has 0 bridgehead atoms. The smallest absolute Gasteiger partial charge is 0.240 e. The summed E-state index contributed by atoms with van der Waals surface area (Å²) < 4.78 is 33.1. The lowest BCUT2D eigenvalue weighted by Crippen LogP contribution is -2.30. The van der Waals surface area contributed by atoms with Gasteiger partial charge in [0.1, 0.15) is 5.75 Å². The predicted octanol–water partition coefficient (Wildman–Crippen LogP) is 3.81. The molecule has 0 saturated carbocycles. The summed E-state index contributed by atoms with van der Waals surface area (Å²) in [5.41, 5.74) is 1.53. The van der Waals surface area contributed by atoms with E-state index in [9.17, 15) is 8.42 Å². The molecule has 22 heavy (non-hydrogen) atoms. The lowest BCUT2D eigenvalue weighted by molar-refractivity contribution is 0.410. The van der Waals surface area contributed by atoms with Gasteiger partial charge >= 0.3 is 0 Å². The number of hydrogen-bond acceptors (Lipinski definition) is 3. The van der Waals surface area contributed by atoms with Crippen LogP contribution < -0.4 is 9.46 Å². The quantitative estimate of drug-likeness (QED) is 0.750. The minimum atomic E-state index is -3.47. The van der Waals surface area contributed by atoms with Crippen LogP contribution in [0.2, 0.25) is 0 Å². The van der Waals surface area contributed by atoms with Gasteiger partial charge in [-0.05, 0) is 49.4 Å². The van der Waals surface area contributed by atoms with Crippen LogP contribution in [0.4, 0.5) is 0 Å². The highest BCUT2D eigenvalue weighted by Gasteiger charge is 2.20.